The van der Waals surface area contributed by atoms with Gasteiger partial charge in [0.25, 0.3) is 5.69 Å². The average molecular weight is 285 g/mol. The fraction of sp³-hybridized carbons (Fsp3) is 0.133. The number of primary amides is 1. The van der Waals surface area contributed by atoms with Crippen molar-refractivity contribution in [3.8, 4) is 0 Å². The lowest BCUT2D eigenvalue weighted by Gasteiger charge is -2.16. The molecule has 6 nitrogen and oxygen atoms in total. The Morgan fingerprint density at radius 2 is 1.95 bits per heavy atom. The largest absolute Gasteiger partial charge is 0.378 e. The number of amides is 1. The molecule has 0 aliphatic rings. The van der Waals surface area contributed by atoms with Crippen molar-refractivity contribution in [1.82, 2.24) is 0 Å². The SMILES string of the molecule is CC(Nc1cccc(C(N)=O)c1)c1ccccc1[N+](=O)[O-]. The van der Waals surface area contributed by atoms with Crippen LogP contribution in [-0.2, 0) is 0 Å². The highest BCUT2D eigenvalue weighted by molar-refractivity contribution is 5.93. The van der Waals surface area contributed by atoms with Crippen LogP contribution < -0.4 is 11.1 Å². The van der Waals surface area contributed by atoms with Crippen LogP contribution in [0.25, 0.3) is 0 Å². The summed E-state index contributed by atoms with van der Waals surface area (Å²) < 4.78 is 0. The first kappa shape index (κ1) is 14.5. The topological polar surface area (TPSA) is 98.3 Å². The Morgan fingerprint density at radius 1 is 1.24 bits per heavy atom. The van der Waals surface area contributed by atoms with Gasteiger partial charge in [0.15, 0.2) is 0 Å². The fourth-order valence-corrected chi connectivity index (χ4v) is 2.11. The molecule has 6 heteroatoms. The number of anilines is 1. The smallest absolute Gasteiger partial charge is 0.274 e. The summed E-state index contributed by atoms with van der Waals surface area (Å²) in [5.41, 5.74) is 6.93. The van der Waals surface area contributed by atoms with E-state index in [0.29, 0.717) is 16.8 Å². The Balaban J connectivity index is 2.26. The highest BCUT2D eigenvalue weighted by Crippen LogP contribution is 2.27. The van der Waals surface area contributed by atoms with Crippen molar-refractivity contribution in [2.75, 3.05) is 5.32 Å². The number of rotatable bonds is 5. The van der Waals surface area contributed by atoms with Gasteiger partial charge in [0.1, 0.15) is 0 Å². The summed E-state index contributed by atoms with van der Waals surface area (Å²) in [6.45, 7) is 1.82. The number of benzene rings is 2. The summed E-state index contributed by atoms with van der Waals surface area (Å²) >= 11 is 0. The van der Waals surface area contributed by atoms with E-state index in [4.69, 9.17) is 5.73 Å². The average Bonchev–Trinajstić information content (AvgIpc) is 2.47. The number of nitro groups is 1. The summed E-state index contributed by atoms with van der Waals surface area (Å²) in [6, 6.07) is 13.0. The summed E-state index contributed by atoms with van der Waals surface area (Å²) in [5, 5.41) is 14.2. The van der Waals surface area contributed by atoms with Crippen molar-refractivity contribution in [2.24, 2.45) is 5.73 Å². The first-order valence-corrected chi connectivity index (χ1v) is 6.38. The fourth-order valence-electron chi connectivity index (χ4n) is 2.11. The Hall–Kier alpha value is -2.89. The van der Waals surface area contributed by atoms with Gasteiger partial charge in [0, 0.05) is 17.3 Å². The molecule has 0 bridgehead atoms. The molecule has 108 valence electrons. The Bertz CT molecular complexity index is 685. The number of hydrogen-bond acceptors (Lipinski definition) is 4. The summed E-state index contributed by atoms with van der Waals surface area (Å²) in [7, 11) is 0. The van der Waals surface area contributed by atoms with Gasteiger partial charge in [-0.3, -0.25) is 14.9 Å². The molecule has 2 rings (SSSR count). The van der Waals surface area contributed by atoms with Crippen LogP contribution in [0.5, 0.6) is 0 Å². The Labute approximate surface area is 121 Å². The molecule has 0 aromatic heterocycles. The molecule has 0 spiro atoms. The van der Waals surface area contributed by atoms with Gasteiger partial charge in [-0.25, -0.2) is 0 Å². The minimum absolute atomic E-state index is 0.0588. The normalized spacial score (nSPS) is 11.7. The molecule has 1 amide bonds. The van der Waals surface area contributed by atoms with Gasteiger partial charge in [0.2, 0.25) is 5.91 Å². The predicted molar refractivity (Wildman–Crippen MR) is 80.1 cm³/mol. The molecule has 21 heavy (non-hydrogen) atoms. The van der Waals surface area contributed by atoms with E-state index in [1.165, 1.54) is 6.07 Å². The van der Waals surface area contributed by atoms with Crippen molar-refractivity contribution in [3.63, 3.8) is 0 Å². The second-order valence-electron chi connectivity index (χ2n) is 4.63. The number of hydrogen-bond donors (Lipinski definition) is 2. The van der Waals surface area contributed by atoms with Crippen molar-refractivity contribution in [2.45, 2.75) is 13.0 Å². The molecule has 1 unspecified atom stereocenters. The monoisotopic (exact) mass is 285 g/mol. The summed E-state index contributed by atoms with van der Waals surface area (Å²) in [5.74, 6) is -0.517. The number of carbonyl (C=O) groups excluding carboxylic acids is 1. The minimum Gasteiger partial charge on any atom is -0.378 e. The van der Waals surface area contributed by atoms with E-state index in [2.05, 4.69) is 5.32 Å². The van der Waals surface area contributed by atoms with Crippen LogP contribution in [0.2, 0.25) is 0 Å². The summed E-state index contributed by atoms with van der Waals surface area (Å²) in [4.78, 5) is 21.8. The molecule has 0 heterocycles. The molecular formula is C15H15N3O3. The number of nitro benzene ring substituents is 1. The number of carbonyl (C=O) groups is 1. The molecule has 0 saturated heterocycles. The van der Waals surface area contributed by atoms with Crippen molar-refractivity contribution < 1.29 is 9.72 Å². The van der Waals surface area contributed by atoms with Crippen molar-refractivity contribution in [1.29, 1.82) is 0 Å². The zero-order valence-electron chi connectivity index (χ0n) is 11.4. The van der Waals surface area contributed by atoms with E-state index < -0.39 is 10.8 Å². The van der Waals surface area contributed by atoms with Gasteiger partial charge in [0.05, 0.1) is 16.5 Å². The molecule has 0 saturated carbocycles. The van der Waals surface area contributed by atoms with E-state index in [1.54, 1.807) is 42.5 Å². The van der Waals surface area contributed by atoms with E-state index in [1.807, 2.05) is 6.92 Å². The standard InChI is InChI=1S/C15H15N3O3/c1-10(13-7-2-3-8-14(13)18(20)21)17-12-6-4-5-11(9-12)15(16)19/h2-10,17H,1H3,(H2,16,19). The first-order valence-electron chi connectivity index (χ1n) is 6.38. The van der Waals surface area contributed by atoms with E-state index in [-0.39, 0.29) is 11.7 Å². The van der Waals surface area contributed by atoms with Gasteiger partial charge in [-0.1, -0.05) is 24.3 Å². The maximum atomic E-state index is 11.2. The highest BCUT2D eigenvalue weighted by Gasteiger charge is 2.18. The molecule has 3 N–H and O–H groups in total. The van der Waals surface area contributed by atoms with Gasteiger partial charge in [-0.2, -0.15) is 0 Å². The first-order chi connectivity index (χ1) is 9.99. The molecule has 2 aromatic carbocycles. The molecule has 0 radical (unpaired) electrons. The lowest BCUT2D eigenvalue weighted by atomic mass is 10.1. The third-order valence-electron chi connectivity index (χ3n) is 3.13. The number of nitrogens with one attached hydrogen (secondary N) is 1. The zero-order valence-corrected chi connectivity index (χ0v) is 11.4. The molecular weight excluding hydrogens is 270 g/mol. The van der Waals surface area contributed by atoms with Crippen molar-refractivity contribution >= 4 is 17.3 Å². The Morgan fingerprint density at radius 3 is 2.62 bits per heavy atom. The van der Waals surface area contributed by atoms with Gasteiger partial charge in [-0.05, 0) is 25.1 Å². The zero-order chi connectivity index (χ0) is 15.4. The van der Waals surface area contributed by atoms with Crippen LogP contribution in [0, 0.1) is 10.1 Å². The lowest BCUT2D eigenvalue weighted by Crippen LogP contribution is -2.12. The van der Waals surface area contributed by atoms with Gasteiger partial charge >= 0.3 is 0 Å². The maximum absolute atomic E-state index is 11.2. The highest BCUT2D eigenvalue weighted by atomic mass is 16.6. The lowest BCUT2D eigenvalue weighted by molar-refractivity contribution is -0.385. The quantitative estimate of drug-likeness (QED) is 0.651. The molecule has 1 atom stereocenters. The van der Waals surface area contributed by atoms with Gasteiger partial charge in [-0.15, -0.1) is 0 Å². The van der Waals surface area contributed by atoms with Crippen LogP contribution in [0.15, 0.2) is 48.5 Å². The number of nitrogens with zero attached hydrogens (tertiary/aromatic N) is 1. The molecule has 0 aliphatic carbocycles. The minimum atomic E-state index is -0.517. The van der Waals surface area contributed by atoms with E-state index in [9.17, 15) is 14.9 Å². The second kappa shape index (κ2) is 6.04. The van der Waals surface area contributed by atoms with Crippen LogP contribution in [-0.4, -0.2) is 10.8 Å². The maximum Gasteiger partial charge on any atom is 0.274 e. The van der Waals surface area contributed by atoms with Gasteiger partial charge < -0.3 is 11.1 Å². The van der Waals surface area contributed by atoms with Crippen LogP contribution in [0.3, 0.4) is 0 Å². The third kappa shape index (κ3) is 3.36. The van der Waals surface area contributed by atoms with Crippen molar-refractivity contribution in [3.05, 3.63) is 69.8 Å². The number of para-hydroxylation sites is 1. The van der Waals surface area contributed by atoms with Crippen LogP contribution >= 0.6 is 0 Å². The van der Waals surface area contributed by atoms with Crippen LogP contribution in [0.1, 0.15) is 28.9 Å². The molecule has 0 aliphatic heterocycles. The van der Waals surface area contributed by atoms with E-state index in [0.717, 1.165) is 0 Å². The second-order valence-corrected chi connectivity index (χ2v) is 4.63. The summed E-state index contributed by atoms with van der Waals surface area (Å²) in [6.07, 6.45) is 0. The third-order valence-corrected chi connectivity index (χ3v) is 3.13. The molecule has 0 fully saturated rings. The predicted octanol–water partition coefficient (Wildman–Crippen LogP) is 2.87. The Kier molecular flexibility index (Phi) is 4.18. The molecule has 2 aromatic rings. The van der Waals surface area contributed by atoms with E-state index >= 15 is 0 Å². The number of nitrogens with two attached hydrogens (primary N) is 1. The van der Waals surface area contributed by atoms with Crippen LogP contribution in [0.4, 0.5) is 11.4 Å².